The molecule has 1 saturated heterocycles. The Morgan fingerprint density at radius 3 is 2.95 bits per heavy atom. The quantitative estimate of drug-likeness (QED) is 0.852. The first-order chi connectivity index (χ1) is 9.67. The normalized spacial score (nSPS) is 16.8. The van der Waals surface area contributed by atoms with Crippen LogP contribution >= 0.6 is 0 Å². The summed E-state index contributed by atoms with van der Waals surface area (Å²) in [6.07, 6.45) is 0. The van der Waals surface area contributed by atoms with Crippen LogP contribution in [-0.4, -0.2) is 39.2 Å². The molecule has 2 N–H and O–H groups in total. The van der Waals surface area contributed by atoms with Crippen molar-refractivity contribution in [2.45, 2.75) is 19.9 Å². The Bertz CT molecular complexity index is 476. The summed E-state index contributed by atoms with van der Waals surface area (Å²) in [5.41, 5.74) is 2.19. The second kappa shape index (κ2) is 6.61. The molecule has 1 atom stereocenters. The maximum Gasteiger partial charge on any atom is 0.239 e. The highest BCUT2D eigenvalue weighted by atomic mass is 16.5. The number of carbonyl (C=O) groups excluding carboxylic acids is 1. The molecule has 5 heteroatoms. The lowest BCUT2D eigenvalue weighted by Gasteiger charge is -2.32. The molecule has 0 aromatic heterocycles. The summed E-state index contributed by atoms with van der Waals surface area (Å²) in [4.78, 5) is 13.7. The highest BCUT2D eigenvalue weighted by Crippen LogP contribution is 2.34. The minimum atomic E-state index is 0.0705. The molecule has 1 aromatic rings. The van der Waals surface area contributed by atoms with Crippen LogP contribution in [0.4, 0.5) is 5.69 Å². The van der Waals surface area contributed by atoms with Crippen molar-refractivity contribution in [3.63, 3.8) is 0 Å². The molecule has 20 heavy (non-hydrogen) atoms. The van der Waals surface area contributed by atoms with Crippen LogP contribution in [0.5, 0.6) is 5.75 Å². The number of hydrogen-bond acceptors (Lipinski definition) is 4. The molecule has 1 aliphatic rings. The molecule has 110 valence electrons. The van der Waals surface area contributed by atoms with Gasteiger partial charge in [0, 0.05) is 30.4 Å². The van der Waals surface area contributed by atoms with Gasteiger partial charge >= 0.3 is 0 Å². The highest BCUT2D eigenvalue weighted by molar-refractivity contribution is 5.83. The van der Waals surface area contributed by atoms with Gasteiger partial charge in [-0.2, -0.15) is 0 Å². The Labute approximate surface area is 120 Å². The van der Waals surface area contributed by atoms with E-state index in [1.54, 1.807) is 7.11 Å². The fourth-order valence-corrected chi connectivity index (χ4v) is 2.67. The minimum Gasteiger partial charge on any atom is -0.496 e. The summed E-state index contributed by atoms with van der Waals surface area (Å²) in [6, 6.07) is 6.18. The molecule has 1 unspecified atom stereocenters. The van der Waals surface area contributed by atoms with Gasteiger partial charge < -0.3 is 20.3 Å². The van der Waals surface area contributed by atoms with Gasteiger partial charge in [-0.1, -0.05) is 13.0 Å². The molecule has 0 spiro atoms. The average Bonchev–Trinajstić information content (AvgIpc) is 2.46. The highest BCUT2D eigenvalue weighted by Gasteiger charge is 2.23. The molecular formula is C15H23N3O2. The summed E-state index contributed by atoms with van der Waals surface area (Å²) in [7, 11) is 1.68. The molecule has 0 bridgehead atoms. The number of nitrogens with one attached hydrogen (secondary N) is 2. The fourth-order valence-electron chi connectivity index (χ4n) is 2.67. The third kappa shape index (κ3) is 3.04. The van der Waals surface area contributed by atoms with E-state index in [1.807, 2.05) is 12.1 Å². The van der Waals surface area contributed by atoms with Gasteiger partial charge in [0.1, 0.15) is 5.75 Å². The zero-order valence-corrected chi connectivity index (χ0v) is 12.4. The van der Waals surface area contributed by atoms with E-state index in [0.29, 0.717) is 13.1 Å². The van der Waals surface area contributed by atoms with Crippen molar-refractivity contribution in [3.05, 3.63) is 23.8 Å². The summed E-state index contributed by atoms with van der Waals surface area (Å²) >= 11 is 0. The summed E-state index contributed by atoms with van der Waals surface area (Å²) in [5.74, 6) is 0.933. The van der Waals surface area contributed by atoms with Crippen LogP contribution in [-0.2, 0) is 4.79 Å². The summed E-state index contributed by atoms with van der Waals surface area (Å²) in [6.45, 7) is 7.00. The van der Waals surface area contributed by atoms with Crippen molar-refractivity contribution in [2.75, 3.05) is 38.2 Å². The van der Waals surface area contributed by atoms with Crippen LogP contribution in [0.2, 0.25) is 0 Å². The predicted octanol–water partition coefficient (Wildman–Crippen LogP) is 1.30. The maximum absolute atomic E-state index is 11.6. The number of hydrogen-bond donors (Lipinski definition) is 2. The van der Waals surface area contributed by atoms with Gasteiger partial charge in [0.15, 0.2) is 0 Å². The number of methoxy groups -OCH3 is 1. The molecule has 1 fully saturated rings. The van der Waals surface area contributed by atoms with E-state index in [2.05, 4.69) is 35.4 Å². The van der Waals surface area contributed by atoms with Crippen molar-refractivity contribution in [1.82, 2.24) is 10.6 Å². The number of carbonyl (C=O) groups is 1. The van der Waals surface area contributed by atoms with Gasteiger partial charge in [0.05, 0.1) is 13.7 Å². The van der Waals surface area contributed by atoms with E-state index in [9.17, 15) is 4.79 Å². The molecule has 0 aliphatic carbocycles. The third-order valence-corrected chi connectivity index (χ3v) is 3.59. The fraction of sp³-hybridized carbons (Fsp3) is 0.533. The Morgan fingerprint density at radius 1 is 1.50 bits per heavy atom. The van der Waals surface area contributed by atoms with Crippen molar-refractivity contribution in [3.8, 4) is 5.75 Å². The molecule has 1 aliphatic heterocycles. The van der Waals surface area contributed by atoms with Gasteiger partial charge in [-0.25, -0.2) is 0 Å². The number of nitrogens with zero attached hydrogens (tertiary/aromatic N) is 1. The summed E-state index contributed by atoms with van der Waals surface area (Å²) < 4.78 is 5.50. The number of piperazine rings is 1. The number of ether oxygens (including phenoxy) is 1. The molecule has 0 radical (unpaired) electrons. The van der Waals surface area contributed by atoms with E-state index >= 15 is 0 Å². The predicted molar refractivity (Wildman–Crippen MR) is 80.3 cm³/mol. The van der Waals surface area contributed by atoms with Crippen molar-refractivity contribution in [2.24, 2.45) is 0 Å². The number of benzene rings is 1. The van der Waals surface area contributed by atoms with E-state index in [-0.39, 0.29) is 11.9 Å². The smallest absolute Gasteiger partial charge is 0.239 e. The largest absolute Gasteiger partial charge is 0.496 e. The number of anilines is 1. The van der Waals surface area contributed by atoms with Crippen LogP contribution in [0.3, 0.4) is 0 Å². The van der Waals surface area contributed by atoms with Crippen molar-refractivity contribution < 1.29 is 9.53 Å². The topological polar surface area (TPSA) is 53.6 Å². The van der Waals surface area contributed by atoms with Crippen LogP contribution in [0, 0.1) is 0 Å². The second-order valence-electron chi connectivity index (χ2n) is 4.94. The third-order valence-electron chi connectivity index (χ3n) is 3.59. The minimum absolute atomic E-state index is 0.0705. The van der Waals surface area contributed by atoms with Gasteiger partial charge in [0.2, 0.25) is 5.91 Å². The molecular weight excluding hydrogens is 254 g/mol. The molecule has 5 nitrogen and oxygen atoms in total. The standard InChI is InChI=1S/C15H23N3O2/c1-4-16-11(2)15-12(6-5-7-13(15)20-3)18-9-8-17-14(19)10-18/h5-7,11,16H,4,8-10H2,1-3H3,(H,17,19). The SMILES string of the molecule is CCNC(C)c1c(OC)cccc1N1CCNC(=O)C1. The van der Waals surface area contributed by atoms with Gasteiger partial charge in [-0.15, -0.1) is 0 Å². The molecule has 1 amide bonds. The molecule has 2 rings (SSSR count). The molecule has 1 heterocycles. The lowest BCUT2D eigenvalue weighted by Crippen LogP contribution is -2.48. The number of amides is 1. The first kappa shape index (κ1) is 14.7. The van der Waals surface area contributed by atoms with Gasteiger partial charge in [0.25, 0.3) is 0 Å². The lowest BCUT2D eigenvalue weighted by atomic mass is 10.0. The second-order valence-corrected chi connectivity index (χ2v) is 4.94. The van der Waals surface area contributed by atoms with Gasteiger partial charge in [-0.3, -0.25) is 4.79 Å². The Kier molecular flexibility index (Phi) is 4.84. The van der Waals surface area contributed by atoms with E-state index in [1.165, 1.54) is 0 Å². The Morgan fingerprint density at radius 2 is 2.30 bits per heavy atom. The lowest BCUT2D eigenvalue weighted by molar-refractivity contribution is -0.120. The first-order valence-electron chi connectivity index (χ1n) is 7.09. The zero-order chi connectivity index (χ0) is 14.5. The van der Waals surface area contributed by atoms with Crippen molar-refractivity contribution >= 4 is 11.6 Å². The molecule has 0 saturated carbocycles. The van der Waals surface area contributed by atoms with Crippen molar-refractivity contribution in [1.29, 1.82) is 0 Å². The van der Waals surface area contributed by atoms with E-state index in [0.717, 1.165) is 30.1 Å². The van der Waals surface area contributed by atoms with E-state index < -0.39 is 0 Å². The molecule has 1 aromatic carbocycles. The number of rotatable bonds is 5. The van der Waals surface area contributed by atoms with Crippen LogP contribution < -0.4 is 20.3 Å². The average molecular weight is 277 g/mol. The van der Waals surface area contributed by atoms with E-state index in [4.69, 9.17) is 4.74 Å². The zero-order valence-electron chi connectivity index (χ0n) is 12.4. The Hall–Kier alpha value is -1.75. The monoisotopic (exact) mass is 277 g/mol. The van der Waals surface area contributed by atoms with Crippen LogP contribution in [0.15, 0.2) is 18.2 Å². The first-order valence-corrected chi connectivity index (χ1v) is 7.09. The summed E-state index contributed by atoms with van der Waals surface area (Å²) in [5, 5.41) is 6.28. The van der Waals surface area contributed by atoms with Gasteiger partial charge in [-0.05, 0) is 25.6 Å². The Balaban J connectivity index is 2.37. The maximum atomic E-state index is 11.6. The van der Waals surface area contributed by atoms with Crippen LogP contribution in [0.1, 0.15) is 25.5 Å². The van der Waals surface area contributed by atoms with Crippen LogP contribution in [0.25, 0.3) is 0 Å².